The third kappa shape index (κ3) is 4.62. The molecule has 0 bridgehead atoms. The zero-order valence-corrected chi connectivity index (χ0v) is 14.1. The second kappa shape index (κ2) is 7.19. The van der Waals surface area contributed by atoms with Crippen molar-refractivity contribution in [1.82, 2.24) is 0 Å². The topological polar surface area (TPSA) is 17.1 Å². The number of Topliss-reactive ketones (excluding diaryl/α,β-unsaturated/α-hetero) is 1. The zero-order chi connectivity index (χ0) is 18.8. The van der Waals surface area contributed by atoms with Crippen molar-refractivity contribution in [3.8, 4) is 0 Å². The first-order valence-corrected chi connectivity index (χ1v) is 7.84. The van der Waals surface area contributed by atoms with E-state index < -0.39 is 53.2 Å². The van der Waals surface area contributed by atoms with E-state index in [0.717, 1.165) is 24.3 Å². The molecule has 0 saturated carbocycles. The molecule has 0 N–H and O–H groups in total. The molecule has 0 aliphatic rings. The van der Waals surface area contributed by atoms with Crippen LogP contribution in [0, 0.1) is 5.82 Å². The average molecular weight is 425 g/mol. The van der Waals surface area contributed by atoms with Gasteiger partial charge in [-0.1, -0.05) is 34.1 Å². The SMILES string of the molecule is O=C(CCC(F)(F)c1ccc(Br)cc1F)c1ccccc1C(F)(F)F. The normalized spacial score (nSPS) is 12.3. The molecule has 0 aliphatic carbocycles. The van der Waals surface area contributed by atoms with Gasteiger partial charge in [-0.15, -0.1) is 0 Å². The van der Waals surface area contributed by atoms with E-state index in [1.807, 2.05) is 0 Å². The fraction of sp³-hybridized carbons (Fsp3) is 0.235. The first kappa shape index (κ1) is 19.5. The zero-order valence-electron chi connectivity index (χ0n) is 12.5. The molecule has 2 rings (SSSR count). The van der Waals surface area contributed by atoms with Crippen molar-refractivity contribution < 1.29 is 31.1 Å². The molecule has 0 heterocycles. The molecule has 0 atom stereocenters. The third-order valence-electron chi connectivity index (χ3n) is 3.52. The van der Waals surface area contributed by atoms with Crippen LogP contribution < -0.4 is 0 Å². The number of ketones is 1. The fourth-order valence-corrected chi connectivity index (χ4v) is 2.63. The molecule has 0 aliphatic heterocycles. The molecule has 0 fully saturated rings. The summed E-state index contributed by atoms with van der Waals surface area (Å²) in [6, 6.07) is 6.90. The Hall–Kier alpha value is -1.83. The second-order valence-electron chi connectivity index (χ2n) is 5.30. The van der Waals surface area contributed by atoms with Crippen LogP contribution in [-0.4, -0.2) is 5.78 Å². The van der Waals surface area contributed by atoms with Crippen LogP contribution in [0.5, 0.6) is 0 Å². The van der Waals surface area contributed by atoms with E-state index in [1.165, 1.54) is 12.1 Å². The quantitative estimate of drug-likeness (QED) is 0.403. The maximum atomic E-state index is 14.1. The molecule has 0 radical (unpaired) electrons. The van der Waals surface area contributed by atoms with E-state index in [9.17, 15) is 31.1 Å². The van der Waals surface area contributed by atoms with Gasteiger partial charge in [-0.3, -0.25) is 4.79 Å². The Balaban J connectivity index is 2.20. The van der Waals surface area contributed by atoms with Gasteiger partial charge in [-0.05, 0) is 24.3 Å². The van der Waals surface area contributed by atoms with Crippen molar-refractivity contribution in [3.63, 3.8) is 0 Å². The summed E-state index contributed by atoms with van der Waals surface area (Å²) in [6.45, 7) is 0. The highest BCUT2D eigenvalue weighted by Gasteiger charge is 2.37. The van der Waals surface area contributed by atoms with Crippen LogP contribution in [0.15, 0.2) is 46.9 Å². The lowest BCUT2D eigenvalue weighted by Crippen LogP contribution is -2.19. The van der Waals surface area contributed by atoms with Crippen LogP contribution in [0.3, 0.4) is 0 Å². The van der Waals surface area contributed by atoms with Gasteiger partial charge in [-0.25, -0.2) is 13.2 Å². The molecule has 8 heteroatoms. The van der Waals surface area contributed by atoms with E-state index in [-0.39, 0.29) is 4.47 Å². The van der Waals surface area contributed by atoms with Gasteiger partial charge in [-0.2, -0.15) is 13.2 Å². The van der Waals surface area contributed by atoms with Gasteiger partial charge in [0.25, 0.3) is 5.92 Å². The predicted molar refractivity (Wildman–Crippen MR) is 83.0 cm³/mol. The molecule has 2 aromatic rings. The van der Waals surface area contributed by atoms with Crippen molar-refractivity contribution in [2.75, 3.05) is 0 Å². The van der Waals surface area contributed by atoms with Crippen molar-refractivity contribution >= 4 is 21.7 Å². The molecule has 0 saturated heterocycles. The van der Waals surface area contributed by atoms with Gasteiger partial charge >= 0.3 is 6.18 Å². The second-order valence-corrected chi connectivity index (χ2v) is 6.21. The summed E-state index contributed by atoms with van der Waals surface area (Å²) in [5.74, 6) is -5.93. The Bertz CT molecular complexity index is 785. The van der Waals surface area contributed by atoms with Crippen LogP contribution in [0.2, 0.25) is 0 Å². The van der Waals surface area contributed by atoms with E-state index in [4.69, 9.17) is 0 Å². The highest BCUT2D eigenvalue weighted by molar-refractivity contribution is 9.10. The lowest BCUT2D eigenvalue weighted by molar-refractivity contribution is -0.137. The molecule has 0 spiro atoms. The average Bonchev–Trinajstić information content (AvgIpc) is 2.51. The highest BCUT2D eigenvalue weighted by atomic mass is 79.9. The molecule has 0 amide bonds. The van der Waals surface area contributed by atoms with Crippen molar-refractivity contribution in [2.45, 2.75) is 24.9 Å². The summed E-state index contributed by atoms with van der Waals surface area (Å²) in [5, 5.41) is 0. The van der Waals surface area contributed by atoms with Crippen molar-refractivity contribution in [2.24, 2.45) is 0 Å². The Morgan fingerprint density at radius 2 is 1.60 bits per heavy atom. The Kier molecular flexibility index (Phi) is 5.61. The molecular weight excluding hydrogens is 414 g/mol. The Labute approximate surface area is 147 Å². The van der Waals surface area contributed by atoms with Gasteiger partial charge in [0, 0.05) is 22.9 Å². The van der Waals surface area contributed by atoms with Gasteiger partial charge < -0.3 is 0 Å². The minimum atomic E-state index is -4.77. The summed E-state index contributed by atoms with van der Waals surface area (Å²) in [5.41, 5.74) is -2.77. The number of hydrogen-bond acceptors (Lipinski definition) is 1. The smallest absolute Gasteiger partial charge is 0.294 e. The van der Waals surface area contributed by atoms with E-state index in [1.54, 1.807) is 0 Å². The largest absolute Gasteiger partial charge is 0.417 e. The number of hydrogen-bond donors (Lipinski definition) is 0. The maximum Gasteiger partial charge on any atom is 0.417 e. The lowest BCUT2D eigenvalue weighted by atomic mass is 9.96. The maximum absolute atomic E-state index is 14.1. The van der Waals surface area contributed by atoms with Crippen molar-refractivity contribution in [1.29, 1.82) is 0 Å². The molecule has 2 aromatic carbocycles. The molecule has 1 nitrogen and oxygen atoms in total. The predicted octanol–water partition coefficient (Wildman–Crippen LogP) is 6.36. The van der Waals surface area contributed by atoms with Crippen molar-refractivity contribution in [3.05, 3.63) is 69.4 Å². The van der Waals surface area contributed by atoms with E-state index in [2.05, 4.69) is 15.9 Å². The molecule has 134 valence electrons. The van der Waals surface area contributed by atoms with Gasteiger partial charge in [0.2, 0.25) is 0 Å². The number of carbonyl (C=O) groups excluding carboxylic acids is 1. The van der Waals surface area contributed by atoms with Gasteiger partial charge in [0.1, 0.15) is 5.82 Å². The molecule has 0 unspecified atom stereocenters. The summed E-state index contributed by atoms with van der Waals surface area (Å²) < 4.78 is 80.8. The lowest BCUT2D eigenvalue weighted by Gasteiger charge is -2.18. The Morgan fingerprint density at radius 3 is 2.20 bits per heavy atom. The van der Waals surface area contributed by atoms with Crippen LogP contribution >= 0.6 is 15.9 Å². The molecule has 25 heavy (non-hydrogen) atoms. The standard InChI is InChI=1S/C17H11BrF6O/c18-10-5-6-13(14(19)9-10)16(20,21)8-7-15(25)11-3-1-2-4-12(11)17(22,23)24/h1-6,9H,7-8H2. The number of benzene rings is 2. The number of rotatable bonds is 5. The Morgan fingerprint density at radius 1 is 0.960 bits per heavy atom. The van der Waals surface area contributed by atoms with Crippen LogP contribution in [0.1, 0.15) is 34.3 Å². The number of alkyl halides is 5. The molecular formula is C17H11BrF6O. The summed E-state index contributed by atoms with van der Waals surface area (Å²) in [4.78, 5) is 12.0. The monoisotopic (exact) mass is 424 g/mol. The molecule has 0 aromatic heterocycles. The van der Waals surface area contributed by atoms with Crippen LogP contribution in [-0.2, 0) is 12.1 Å². The minimum Gasteiger partial charge on any atom is -0.294 e. The van der Waals surface area contributed by atoms with Gasteiger partial charge in [0.15, 0.2) is 5.78 Å². The minimum absolute atomic E-state index is 0.264. The fourth-order valence-electron chi connectivity index (χ4n) is 2.30. The highest BCUT2D eigenvalue weighted by Crippen LogP contribution is 2.37. The third-order valence-corrected chi connectivity index (χ3v) is 4.02. The summed E-state index contributed by atoms with van der Waals surface area (Å²) in [7, 11) is 0. The van der Waals surface area contributed by atoms with E-state index in [0.29, 0.717) is 6.07 Å². The van der Waals surface area contributed by atoms with E-state index >= 15 is 0 Å². The van der Waals surface area contributed by atoms with Gasteiger partial charge in [0.05, 0.1) is 11.1 Å². The summed E-state index contributed by atoms with van der Waals surface area (Å²) in [6.07, 6.45) is -6.72. The summed E-state index contributed by atoms with van der Waals surface area (Å²) >= 11 is 2.94. The van der Waals surface area contributed by atoms with Crippen LogP contribution in [0.4, 0.5) is 26.3 Å². The first-order valence-electron chi connectivity index (χ1n) is 7.05. The first-order chi connectivity index (χ1) is 11.5. The number of carbonyl (C=O) groups is 1. The van der Waals surface area contributed by atoms with Crippen LogP contribution in [0.25, 0.3) is 0 Å². The number of halogens is 7.